The van der Waals surface area contributed by atoms with Crippen molar-refractivity contribution in [3.63, 3.8) is 0 Å². The van der Waals surface area contributed by atoms with Gasteiger partial charge in [-0.25, -0.2) is 0 Å². The van der Waals surface area contributed by atoms with Crippen LogP contribution in [0.1, 0.15) is 13.8 Å². The lowest BCUT2D eigenvalue weighted by Gasteiger charge is -2.10. The van der Waals surface area contributed by atoms with Crippen LogP contribution in [-0.4, -0.2) is 18.6 Å². The second kappa shape index (κ2) is 2.03. The molecule has 0 spiro atoms. The van der Waals surface area contributed by atoms with Crippen LogP contribution < -0.4 is 11.1 Å². The molecule has 1 fully saturated rings. The lowest BCUT2D eigenvalue weighted by atomic mass is 10.0. The van der Waals surface area contributed by atoms with E-state index in [1.165, 1.54) is 0 Å². The van der Waals surface area contributed by atoms with Crippen LogP contribution in [0.3, 0.4) is 0 Å². The molecule has 2 nitrogen and oxygen atoms in total. The van der Waals surface area contributed by atoms with Crippen molar-refractivity contribution in [3.05, 3.63) is 0 Å². The average molecular weight is 114 g/mol. The molecule has 0 amide bonds. The van der Waals surface area contributed by atoms with Crippen molar-refractivity contribution >= 4 is 0 Å². The van der Waals surface area contributed by atoms with E-state index >= 15 is 0 Å². The van der Waals surface area contributed by atoms with Gasteiger partial charge in [-0.05, 0) is 19.4 Å². The first kappa shape index (κ1) is 6.05. The Labute approximate surface area is 50.4 Å². The number of hydrogen-bond acceptors (Lipinski definition) is 2. The molecule has 1 aliphatic heterocycles. The smallest absolute Gasteiger partial charge is 0.0230 e. The monoisotopic (exact) mass is 114 g/mol. The second-order valence-corrected chi connectivity index (χ2v) is 2.75. The summed E-state index contributed by atoms with van der Waals surface area (Å²) in [7, 11) is 0. The van der Waals surface area contributed by atoms with Crippen LogP contribution >= 0.6 is 0 Å². The maximum Gasteiger partial charge on any atom is 0.0230 e. The lowest BCUT2D eigenvalue weighted by Crippen LogP contribution is -2.35. The minimum absolute atomic E-state index is 0.370. The summed E-state index contributed by atoms with van der Waals surface area (Å²) in [5.41, 5.74) is 5.76. The molecule has 1 saturated heterocycles. The zero-order chi connectivity index (χ0) is 6.15. The molecule has 0 radical (unpaired) electrons. The van der Waals surface area contributed by atoms with Gasteiger partial charge in [0.15, 0.2) is 0 Å². The number of rotatable bonds is 0. The van der Waals surface area contributed by atoms with Crippen LogP contribution in [0.2, 0.25) is 0 Å². The Kier molecular flexibility index (Phi) is 1.54. The summed E-state index contributed by atoms with van der Waals surface area (Å²) in [4.78, 5) is 0. The summed E-state index contributed by atoms with van der Waals surface area (Å²) >= 11 is 0. The molecular weight excluding hydrogens is 100 g/mol. The normalized spacial score (nSPS) is 47.6. The van der Waals surface area contributed by atoms with Gasteiger partial charge in [-0.2, -0.15) is 0 Å². The third kappa shape index (κ3) is 0.858. The number of hydrogen-bond donors (Lipinski definition) is 2. The Bertz CT molecular complexity index is 72.6. The van der Waals surface area contributed by atoms with Crippen LogP contribution in [0.4, 0.5) is 0 Å². The molecule has 1 rings (SSSR count). The summed E-state index contributed by atoms with van der Waals surface area (Å²) in [6.07, 6.45) is 0. The fourth-order valence-electron chi connectivity index (χ4n) is 1.14. The first-order chi connectivity index (χ1) is 3.72. The van der Waals surface area contributed by atoms with E-state index in [9.17, 15) is 0 Å². The Morgan fingerprint density at radius 2 is 2.12 bits per heavy atom. The molecule has 48 valence electrons. The maximum atomic E-state index is 5.76. The quantitative estimate of drug-likeness (QED) is 0.463. The van der Waals surface area contributed by atoms with Crippen LogP contribution in [0.5, 0.6) is 0 Å². The van der Waals surface area contributed by atoms with Crippen molar-refractivity contribution < 1.29 is 0 Å². The van der Waals surface area contributed by atoms with Crippen molar-refractivity contribution in [2.45, 2.75) is 25.9 Å². The van der Waals surface area contributed by atoms with E-state index in [0.717, 1.165) is 6.54 Å². The molecule has 0 aromatic rings. The molecule has 0 aromatic heterocycles. The average Bonchev–Trinajstić information content (AvgIpc) is 1.98. The molecule has 1 aliphatic rings. The fraction of sp³-hybridized carbons (Fsp3) is 1.00. The topological polar surface area (TPSA) is 38.0 Å². The lowest BCUT2D eigenvalue weighted by molar-refractivity contribution is 0.513. The Morgan fingerprint density at radius 1 is 1.50 bits per heavy atom. The zero-order valence-corrected chi connectivity index (χ0v) is 5.52. The number of nitrogens with two attached hydrogens (primary N) is 1. The van der Waals surface area contributed by atoms with E-state index in [4.69, 9.17) is 5.73 Å². The predicted octanol–water partition coefficient (Wildman–Crippen LogP) is -0.0585. The summed E-state index contributed by atoms with van der Waals surface area (Å²) in [5.74, 6) is 0.657. The van der Waals surface area contributed by atoms with Crippen LogP contribution in [0.25, 0.3) is 0 Å². The van der Waals surface area contributed by atoms with Crippen LogP contribution in [-0.2, 0) is 0 Å². The Balaban J connectivity index is 2.44. The highest BCUT2D eigenvalue weighted by Gasteiger charge is 2.25. The summed E-state index contributed by atoms with van der Waals surface area (Å²) < 4.78 is 0. The minimum Gasteiger partial charge on any atom is -0.326 e. The fourth-order valence-corrected chi connectivity index (χ4v) is 1.14. The van der Waals surface area contributed by atoms with Crippen LogP contribution in [0.15, 0.2) is 0 Å². The highest BCUT2D eigenvalue weighted by molar-refractivity contribution is 4.87. The molecule has 0 saturated carbocycles. The maximum absolute atomic E-state index is 5.76. The van der Waals surface area contributed by atoms with Gasteiger partial charge >= 0.3 is 0 Å². The molecule has 0 aromatic carbocycles. The van der Waals surface area contributed by atoms with E-state index in [1.807, 2.05) is 0 Å². The van der Waals surface area contributed by atoms with Gasteiger partial charge in [0.1, 0.15) is 0 Å². The molecule has 3 atom stereocenters. The molecule has 1 heterocycles. The van der Waals surface area contributed by atoms with Crippen molar-refractivity contribution in [1.29, 1.82) is 0 Å². The third-order valence-corrected chi connectivity index (χ3v) is 2.00. The highest BCUT2D eigenvalue weighted by atomic mass is 15.0. The predicted molar refractivity (Wildman–Crippen MR) is 34.6 cm³/mol. The molecule has 8 heavy (non-hydrogen) atoms. The van der Waals surface area contributed by atoms with Crippen molar-refractivity contribution in [1.82, 2.24) is 5.32 Å². The van der Waals surface area contributed by atoms with Gasteiger partial charge in [-0.1, -0.05) is 6.92 Å². The third-order valence-electron chi connectivity index (χ3n) is 2.00. The highest BCUT2D eigenvalue weighted by Crippen LogP contribution is 2.10. The number of nitrogens with one attached hydrogen (secondary N) is 1. The first-order valence-corrected chi connectivity index (χ1v) is 3.21. The van der Waals surface area contributed by atoms with Gasteiger partial charge in [-0.3, -0.25) is 0 Å². The van der Waals surface area contributed by atoms with Gasteiger partial charge in [0.25, 0.3) is 0 Å². The SMILES string of the molecule is CC1CNC(C)[C@@H]1N. The molecule has 3 N–H and O–H groups in total. The molecular formula is C6H14N2. The van der Waals surface area contributed by atoms with E-state index in [-0.39, 0.29) is 0 Å². The van der Waals surface area contributed by atoms with Crippen LogP contribution in [0, 0.1) is 5.92 Å². The van der Waals surface area contributed by atoms with Gasteiger partial charge < -0.3 is 11.1 Å². The minimum atomic E-state index is 0.370. The van der Waals surface area contributed by atoms with Gasteiger partial charge in [-0.15, -0.1) is 0 Å². The molecule has 2 heteroatoms. The van der Waals surface area contributed by atoms with E-state index < -0.39 is 0 Å². The Morgan fingerprint density at radius 3 is 2.25 bits per heavy atom. The zero-order valence-electron chi connectivity index (χ0n) is 5.52. The molecule has 2 unspecified atom stereocenters. The molecule has 0 aliphatic carbocycles. The van der Waals surface area contributed by atoms with Crippen molar-refractivity contribution in [2.24, 2.45) is 11.7 Å². The summed E-state index contributed by atoms with van der Waals surface area (Å²) in [6.45, 7) is 5.40. The van der Waals surface area contributed by atoms with Gasteiger partial charge in [0.05, 0.1) is 0 Å². The van der Waals surface area contributed by atoms with Crippen molar-refractivity contribution in [2.75, 3.05) is 6.54 Å². The standard InChI is InChI=1S/C6H14N2/c1-4-3-8-5(2)6(4)7/h4-6,8H,3,7H2,1-2H3/t4?,5?,6-/m1/s1. The van der Waals surface area contributed by atoms with Gasteiger partial charge in [0.2, 0.25) is 0 Å². The summed E-state index contributed by atoms with van der Waals surface area (Å²) in [6, 6.07) is 0.889. The van der Waals surface area contributed by atoms with E-state index in [2.05, 4.69) is 19.2 Å². The van der Waals surface area contributed by atoms with E-state index in [0.29, 0.717) is 18.0 Å². The van der Waals surface area contributed by atoms with E-state index in [1.54, 1.807) is 0 Å². The molecule has 0 bridgehead atoms. The van der Waals surface area contributed by atoms with Gasteiger partial charge in [0, 0.05) is 12.1 Å². The van der Waals surface area contributed by atoms with Crippen molar-refractivity contribution in [3.8, 4) is 0 Å². The largest absolute Gasteiger partial charge is 0.326 e. The first-order valence-electron chi connectivity index (χ1n) is 3.21. The Hall–Kier alpha value is -0.0800. The summed E-state index contributed by atoms with van der Waals surface area (Å²) in [5, 5.41) is 3.29. The second-order valence-electron chi connectivity index (χ2n) is 2.75.